The first kappa shape index (κ1) is 20.2. The molecule has 6 heteroatoms. The standard InChI is InChI=1S/C22H21Cl2NO3/c1-26-19-8-6-18(7-9-19)25-13-16-11-21(27-2)22(12-20(16)24)28-14-15-4-3-5-17(23)10-15/h3-12,25H,13-14H2,1-2H3. The molecule has 3 aromatic rings. The highest BCUT2D eigenvalue weighted by Gasteiger charge is 2.11. The number of nitrogens with one attached hydrogen (secondary N) is 1. The van der Waals surface area contributed by atoms with Crippen LogP contribution in [0.25, 0.3) is 0 Å². The molecule has 0 saturated heterocycles. The maximum Gasteiger partial charge on any atom is 0.163 e. The summed E-state index contributed by atoms with van der Waals surface area (Å²) in [6.45, 7) is 0.923. The average Bonchev–Trinajstić information content (AvgIpc) is 2.72. The number of benzene rings is 3. The maximum atomic E-state index is 6.46. The number of hydrogen-bond donors (Lipinski definition) is 1. The molecule has 0 aliphatic heterocycles. The van der Waals surface area contributed by atoms with Gasteiger partial charge in [0.05, 0.1) is 14.2 Å². The number of anilines is 1. The van der Waals surface area contributed by atoms with Gasteiger partial charge < -0.3 is 19.5 Å². The highest BCUT2D eigenvalue weighted by molar-refractivity contribution is 6.31. The number of hydrogen-bond acceptors (Lipinski definition) is 4. The quantitative estimate of drug-likeness (QED) is 0.473. The first-order valence-corrected chi connectivity index (χ1v) is 9.46. The van der Waals surface area contributed by atoms with Crippen molar-refractivity contribution in [1.82, 2.24) is 0 Å². The van der Waals surface area contributed by atoms with Crippen LogP contribution in [-0.4, -0.2) is 14.2 Å². The zero-order valence-electron chi connectivity index (χ0n) is 15.7. The Morgan fingerprint density at radius 1 is 0.857 bits per heavy atom. The summed E-state index contributed by atoms with van der Waals surface area (Å²) in [6.07, 6.45) is 0. The fourth-order valence-electron chi connectivity index (χ4n) is 2.68. The lowest BCUT2D eigenvalue weighted by Gasteiger charge is -2.15. The van der Waals surface area contributed by atoms with Crippen LogP contribution in [0.2, 0.25) is 10.0 Å². The summed E-state index contributed by atoms with van der Waals surface area (Å²) >= 11 is 12.5. The van der Waals surface area contributed by atoms with E-state index in [2.05, 4.69) is 5.32 Å². The van der Waals surface area contributed by atoms with Crippen LogP contribution in [0.3, 0.4) is 0 Å². The molecule has 0 aliphatic carbocycles. The highest BCUT2D eigenvalue weighted by Crippen LogP contribution is 2.34. The minimum absolute atomic E-state index is 0.372. The lowest BCUT2D eigenvalue weighted by molar-refractivity contribution is 0.284. The fraction of sp³-hybridized carbons (Fsp3) is 0.182. The summed E-state index contributed by atoms with van der Waals surface area (Å²) in [7, 11) is 3.25. The third kappa shape index (κ3) is 5.24. The monoisotopic (exact) mass is 417 g/mol. The van der Waals surface area contributed by atoms with Crippen molar-refractivity contribution in [2.24, 2.45) is 0 Å². The smallest absolute Gasteiger partial charge is 0.163 e. The molecule has 0 saturated carbocycles. The molecule has 4 nitrogen and oxygen atoms in total. The lowest BCUT2D eigenvalue weighted by atomic mass is 10.2. The van der Waals surface area contributed by atoms with Crippen molar-refractivity contribution in [3.63, 3.8) is 0 Å². The third-order valence-corrected chi connectivity index (χ3v) is 4.78. The Labute approximate surface area is 175 Å². The molecule has 0 amide bonds. The molecular weight excluding hydrogens is 397 g/mol. The normalized spacial score (nSPS) is 10.4. The van der Waals surface area contributed by atoms with Crippen molar-refractivity contribution in [3.05, 3.63) is 81.8 Å². The summed E-state index contributed by atoms with van der Waals surface area (Å²) in [5, 5.41) is 4.61. The second-order valence-corrected chi connectivity index (χ2v) is 6.94. The fourth-order valence-corrected chi connectivity index (χ4v) is 3.11. The molecule has 0 spiro atoms. The van der Waals surface area contributed by atoms with E-state index >= 15 is 0 Å². The highest BCUT2D eigenvalue weighted by atomic mass is 35.5. The molecule has 0 heterocycles. The van der Waals surface area contributed by atoms with E-state index in [-0.39, 0.29) is 0 Å². The number of ether oxygens (including phenoxy) is 3. The molecule has 0 atom stereocenters. The molecular formula is C22H21Cl2NO3. The minimum Gasteiger partial charge on any atom is -0.497 e. The van der Waals surface area contributed by atoms with E-state index in [4.69, 9.17) is 37.4 Å². The van der Waals surface area contributed by atoms with Gasteiger partial charge in [-0.2, -0.15) is 0 Å². The van der Waals surface area contributed by atoms with Crippen LogP contribution in [0.4, 0.5) is 5.69 Å². The Hall–Kier alpha value is -2.56. The molecule has 0 unspecified atom stereocenters. The SMILES string of the molecule is COc1ccc(NCc2cc(OC)c(OCc3cccc(Cl)c3)cc2Cl)cc1. The Morgan fingerprint density at radius 3 is 2.32 bits per heavy atom. The van der Waals surface area contributed by atoms with E-state index in [1.807, 2.05) is 54.6 Å². The molecule has 28 heavy (non-hydrogen) atoms. The van der Waals surface area contributed by atoms with Crippen molar-refractivity contribution < 1.29 is 14.2 Å². The van der Waals surface area contributed by atoms with Gasteiger partial charge in [0.15, 0.2) is 11.5 Å². The molecule has 0 aromatic heterocycles. The van der Waals surface area contributed by atoms with Crippen LogP contribution in [0, 0.1) is 0 Å². The number of methoxy groups -OCH3 is 2. The largest absolute Gasteiger partial charge is 0.497 e. The van der Waals surface area contributed by atoms with E-state index in [0.29, 0.717) is 34.7 Å². The van der Waals surface area contributed by atoms with Crippen LogP contribution in [0.1, 0.15) is 11.1 Å². The Morgan fingerprint density at radius 2 is 1.64 bits per heavy atom. The van der Waals surface area contributed by atoms with Gasteiger partial charge >= 0.3 is 0 Å². The van der Waals surface area contributed by atoms with Gasteiger partial charge in [-0.05, 0) is 53.6 Å². The first-order valence-electron chi connectivity index (χ1n) is 8.70. The van der Waals surface area contributed by atoms with Crippen molar-refractivity contribution in [2.45, 2.75) is 13.2 Å². The molecule has 0 bridgehead atoms. The zero-order chi connectivity index (χ0) is 19.9. The maximum absolute atomic E-state index is 6.46. The number of halogens is 2. The molecule has 3 rings (SSSR count). The van der Waals surface area contributed by atoms with Gasteiger partial charge in [0.2, 0.25) is 0 Å². The number of rotatable bonds is 8. The summed E-state index contributed by atoms with van der Waals surface area (Å²) in [5.41, 5.74) is 2.84. The van der Waals surface area contributed by atoms with Crippen molar-refractivity contribution >= 4 is 28.9 Å². The molecule has 0 aliphatic rings. The van der Waals surface area contributed by atoms with E-state index in [0.717, 1.165) is 22.6 Å². The van der Waals surface area contributed by atoms with Gasteiger partial charge in [0.1, 0.15) is 12.4 Å². The van der Waals surface area contributed by atoms with Crippen LogP contribution >= 0.6 is 23.2 Å². The van der Waals surface area contributed by atoms with Gasteiger partial charge in [-0.1, -0.05) is 35.3 Å². The topological polar surface area (TPSA) is 39.7 Å². The first-order chi connectivity index (χ1) is 13.6. The third-order valence-electron chi connectivity index (χ3n) is 4.19. The van der Waals surface area contributed by atoms with Crippen LogP contribution in [-0.2, 0) is 13.2 Å². The summed E-state index contributed by atoms with van der Waals surface area (Å²) in [5.74, 6) is 2.02. The van der Waals surface area contributed by atoms with E-state index in [9.17, 15) is 0 Å². The molecule has 1 N–H and O–H groups in total. The molecule has 0 fully saturated rings. The van der Waals surface area contributed by atoms with Crippen LogP contribution in [0.5, 0.6) is 17.2 Å². The van der Waals surface area contributed by atoms with Crippen LogP contribution < -0.4 is 19.5 Å². The van der Waals surface area contributed by atoms with Crippen molar-refractivity contribution in [1.29, 1.82) is 0 Å². The second-order valence-electron chi connectivity index (χ2n) is 6.10. The summed E-state index contributed by atoms with van der Waals surface area (Å²) in [4.78, 5) is 0. The Balaban J connectivity index is 1.69. The van der Waals surface area contributed by atoms with E-state index in [1.54, 1.807) is 20.3 Å². The average molecular weight is 418 g/mol. The van der Waals surface area contributed by atoms with E-state index < -0.39 is 0 Å². The van der Waals surface area contributed by atoms with Gasteiger partial charge in [-0.25, -0.2) is 0 Å². The summed E-state index contributed by atoms with van der Waals surface area (Å²) < 4.78 is 16.5. The predicted molar refractivity (Wildman–Crippen MR) is 114 cm³/mol. The lowest BCUT2D eigenvalue weighted by Crippen LogP contribution is -2.03. The Kier molecular flexibility index (Phi) is 6.90. The van der Waals surface area contributed by atoms with E-state index in [1.165, 1.54) is 0 Å². The van der Waals surface area contributed by atoms with Gasteiger partial charge in [0, 0.05) is 28.3 Å². The second kappa shape index (κ2) is 9.58. The van der Waals surface area contributed by atoms with Gasteiger partial charge in [-0.3, -0.25) is 0 Å². The van der Waals surface area contributed by atoms with Gasteiger partial charge in [-0.15, -0.1) is 0 Å². The minimum atomic E-state index is 0.372. The molecule has 146 valence electrons. The molecule has 3 aromatic carbocycles. The van der Waals surface area contributed by atoms with Gasteiger partial charge in [0.25, 0.3) is 0 Å². The van der Waals surface area contributed by atoms with Crippen molar-refractivity contribution in [2.75, 3.05) is 19.5 Å². The zero-order valence-corrected chi connectivity index (χ0v) is 17.2. The van der Waals surface area contributed by atoms with Crippen molar-refractivity contribution in [3.8, 4) is 17.2 Å². The Bertz CT molecular complexity index is 930. The predicted octanol–water partition coefficient (Wildman–Crippen LogP) is 6.20. The van der Waals surface area contributed by atoms with Crippen LogP contribution in [0.15, 0.2) is 60.7 Å². The molecule has 0 radical (unpaired) electrons. The summed E-state index contributed by atoms with van der Waals surface area (Å²) in [6, 6.07) is 18.9.